The van der Waals surface area contributed by atoms with Gasteiger partial charge in [-0.1, -0.05) is 24.1 Å². The number of piperidine rings is 1. The number of aryl methyl sites for hydroxylation is 1. The normalized spacial score (nSPS) is 17.8. The summed E-state index contributed by atoms with van der Waals surface area (Å²) in [6.45, 7) is 2.30. The van der Waals surface area contributed by atoms with Crippen LogP contribution in [-0.2, 0) is 20.1 Å². The number of nitrogens with two attached hydrogens (primary N) is 1. The Kier molecular flexibility index (Phi) is 6.87. The molecule has 0 aliphatic carbocycles. The largest absolute Gasteiger partial charge is 0.379 e. The molecule has 3 N–H and O–H groups in total. The van der Waals surface area contributed by atoms with Gasteiger partial charge >= 0.3 is 16.1 Å². The van der Waals surface area contributed by atoms with Gasteiger partial charge in [-0.05, 0) is 56.2 Å². The van der Waals surface area contributed by atoms with Crippen molar-refractivity contribution in [3.63, 3.8) is 0 Å². The van der Waals surface area contributed by atoms with Crippen LogP contribution in [0, 0.1) is 6.92 Å². The molecule has 0 radical (unpaired) electrons. The number of hydrogen-bond acceptors (Lipinski definition) is 6. The molecule has 0 bridgehead atoms. The molecule has 1 atom stereocenters. The van der Waals surface area contributed by atoms with Gasteiger partial charge in [0.05, 0.1) is 4.90 Å². The van der Waals surface area contributed by atoms with Crippen molar-refractivity contribution >= 4 is 26.2 Å². The van der Waals surface area contributed by atoms with Gasteiger partial charge in [-0.3, -0.25) is 0 Å². The van der Waals surface area contributed by atoms with Crippen LogP contribution in [0.1, 0.15) is 24.8 Å². The van der Waals surface area contributed by atoms with Crippen LogP contribution in [0.2, 0.25) is 0 Å². The van der Waals surface area contributed by atoms with Gasteiger partial charge in [0.15, 0.2) is 0 Å². The van der Waals surface area contributed by atoms with E-state index in [4.69, 9.17) is 9.92 Å². The standard InChI is InChI=1S/C20H25N3O6S2/c1-15-5-9-19(10-6-15)31(27,28)29-17-7-11-18(12-8-17)30(25,26)23-13-3-2-4-16(23)14-22-20(21)24/h5-12,16H,2-4,13-14H2,1H3,(H3,21,22,24). The molecule has 3 rings (SSSR count). The Morgan fingerprint density at radius 3 is 2.26 bits per heavy atom. The zero-order valence-corrected chi connectivity index (χ0v) is 18.7. The summed E-state index contributed by atoms with van der Waals surface area (Å²) in [5.74, 6) is 0.00474. The Balaban J connectivity index is 1.77. The number of rotatable bonds is 7. The first-order valence-electron chi connectivity index (χ1n) is 9.76. The van der Waals surface area contributed by atoms with Crippen molar-refractivity contribution in [1.29, 1.82) is 0 Å². The molecule has 168 valence electrons. The van der Waals surface area contributed by atoms with E-state index >= 15 is 0 Å². The van der Waals surface area contributed by atoms with E-state index in [0.29, 0.717) is 19.4 Å². The zero-order valence-electron chi connectivity index (χ0n) is 17.0. The van der Waals surface area contributed by atoms with E-state index in [0.717, 1.165) is 12.0 Å². The summed E-state index contributed by atoms with van der Waals surface area (Å²) in [6.07, 6.45) is 2.17. The predicted octanol–water partition coefficient (Wildman–Crippen LogP) is 1.97. The Labute approximate surface area is 182 Å². The van der Waals surface area contributed by atoms with Crippen molar-refractivity contribution in [3.8, 4) is 5.75 Å². The van der Waals surface area contributed by atoms with Crippen LogP contribution < -0.4 is 15.2 Å². The maximum atomic E-state index is 13.1. The van der Waals surface area contributed by atoms with Gasteiger partial charge in [-0.15, -0.1) is 0 Å². The van der Waals surface area contributed by atoms with Crippen molar-refractivity contribution in [1.82, 2.24) is 9.62 Å². The van der Waals surface area contributed by atoms with Crippen molar-refractivity contribution < 1.29 is 25.8 Å². The fraction of sp³-hybridized carbons (Fsp3) is 0.350. The number of benzene rings is 2. The van der Waals surface area contributed by atoms with Crippen LogP contribution in [0.25, 0.3) is 0 Å². The van der Waals surface area contributed by atoms with E-state index < -0.39 is 32.2 Å². The second-order valence-electron chi connectivity index (χ2n) is 7.33. The number of hydrogen-bond donors (Lipinski definition) is 2. The van der Waals surface area contributed by atoms with Crippen LogP contribution in [0.5, 0.6) is 5.75 Å². The average Bonchev–Trinajstić information content (AvgIpc) is 2.73. The lowest BCUT2D eigenvalue weighted by Gasteiger charge is -2.34. The molecule has 2 amide bonds. The van der Waals surface area contributed by atoms with E-state index in [-0.39, 0.29) is 22.1 Å². The molecule has 1 aliphatic heterocycles. The summed E-state index contributed by atoms with van der Waals surface area (Å²) in [5, 5.41) is 2.47. The molecule has 1 fully saturated rings. The van der Waals surface area contributed by atoms with E-state index in [1.165, 1.54) is 40.7 Å². The number of primary amides is 1. The zero-order chi connectivity index (χ0) is 22.6. The first kappa shape index (κ1) is 23.0. The van der Waals surface area contributed by atoms with Gasteiger partial charge in [0.25, 0.3) is 0 Å². The topological polar surface area (TPSA) is 136 Å². The highest BCUT2D eigenvalue weighted by Gasteiger charge is 2.33. The van der Waals surface area contributed by atoms with Gasteiger partial charge in [0, 0.05) is 19.1 Å². The Morgan fingerprint density at radius 1 is 1.03 bits per heavy atom. The fourth-order valence-electron chi connectivity index (χ4n) is 3.40. The molecule has 0 saturated carbocycles. The summed E-state index contributed by atoms with van der Waals surface area (Å²) < 4.78 is 57.5. The average molecular weight is 468 g/mol. The lowest BCUT2D eigenvalue weighted by molar-refractivity contribution is 0.229. The molecule has 1 aliphatic rings. The SMILES string of the molecule is Cc1ccc(S(=O)(=O)Oc2ccc(S(=O)(=O)N3CCCCC3CNC(N)=O)cc2)cc1. The summed E-state index contributed by atoms with van der Waals surface area (Å²) in [6, 6.07) is 10.3. The number of sulfonamides is 1. The van der Waals surface area contributed by atoms with Crippen molar-refractivity contribution in [2.24, 2.45) is 5.73 Å². The first-order valence-corrected chi connectivity index (χ1v) is 12.6. The summed E-state index contributed by atoms with van der Waals surface area (Å²) in [5.41, 5.74) is 6.02. The Bertz CT molecular complexity index is 1130. The van der Waals surface area contributed by atoms with Gasteiger partial charge in [-0.25, -0.2) is 13.2 Å². The van der Waals surface area contributed by atoms with E-state index in [1.54, 1.807) is 12.1 Å². The van der Waals surface area contributed by atoms with Crippen molar-refractivity contribution in [3.05, 3.63) is 54.1 Å². The number of nitrogens with one attached hydrogen (secondary N) is 1. The maximum Gasteiger partial charge on any atom is 0.339 e. The Morgan fingerprint density at radius 2 is 1.65 bits per heavy atom. The molecule has 1 heterocycles. The number of amides is 2. The third-order valence-corrected chi connectivity index (χ3v) is 8.26. The fourth-order valence-corrected chi connectivity index (χ4v) is 6.02. The molecule has 1 saturated heterocycles. The third kappa shape index (κ3) is 5.54. The quantitative estimate of drug-likeness (QED) is 0.598. The molecule has 0 aromatic heterocycles. The van der Waals surface area contributed by atoms with Crippen LogP contribution in [0.3, 0.4) is 0 Å². The highest BCUT2D eigenvalue weighted by molar-refractivity contribution is 7.89. The molecule has 11 heteroatoms. The Hall–Kier alpha value is -2.63. The van der Waals surface area contributed by atoms with Crippen molar-refractivity contribution in [2.45, 2.75) is 42.0 Å². The molecule has 31 heavy (non-hydrogen) atoms. The maximum absolute atomic E-state index is 13.1. The van der Waals surface area contributed by atoms with Gasteiger partial charge < -0.3 is 15.2 Å². The van der Waals surface area contributed by atoms with Gasteiger partial charge in [0.1, 0.15) is 10.6 Å². The van der Waals surface area contributed by atoms with Crippen molar-refractivity contribution in [2.75, 3.05) is 13.1 Å². The number of carbonyl (C=O) groups excluding carboxylic acids is 1. The van der Waals surface area contributed by atoms with Gasteiger partial charge in [0.2, 0.25) is 10.0 Å². The number of urea groups is 1. The van der Waals surface area contributed by atoms with Crippen LogP contribution in [0.4, 0.5) is 4.79 Å². The third-order valence-electron chi connectivity index (χ3n) is 5.03. The monoisotopic (exact) mass is 467 g/mol. The minimum atomic E-state index is -4.04. The van der Waals surface area contributed by atoms with Crippen LogP contribution >= 0.6 is 0 Å². The summed E-state index contributed by atoms with van der Waals surface area (Å²) in [4.78, 5) is 11.0. The number of nitrogens with zero attached hydrogens (tertiary/aromatic N) is 1. The van der Waals surface area contributed by atoms with Crippen LogP contribution in [-0.4, -0.2) is 46.3 Å². The second kappa shape index (κ2) is 9.25. The van der Waals surface area contributed by atoms with Gasteiger partial charge in [-0.2, -0.15) is 12.7 Å². The molecule has 0 spiro atoms. The second-order valence-corrected chi connectivity index (χ2v) is 10.8. The molecular formula is C20H25N3O6S2. The van der Waals surface area contributed by atoms with E-state index in [1.807, 2.05) is 6.92 Å². The highest BCUT2D eigenvalue weighted by atomic mass is 32.2. The predicted molar refractivity (Wildman–Crippen MR) is 115 cm³/mol. The first-order chi connectivity index (χ1) is 14.6. The highest BCUT2D eigenvalue weighted by Crippen LogP contribution is 2.27. The molecule has 2 aromatic carbocycles. The molecule has 2 aromatic rings. The number of carbonyl (C=O) groups is 1. The molecule has 1 unspecified atom stereocenters. The minimum Gasteiger partial charge on any atom is -0.379 e. The summed E-state index contributed by atoms with van der Waals surface area (Å²) >= 11 is 0. The lowest BCUT2D eigenvalue weighted by Crippen LogP contribution is -2.50. The minimum absolute atomic E-state index is 0.00474. The van der Waals surface area contributed by atoms with E-state index in [9.17, 15) is 21.6 Å². The van der Waals surface area contributed by atoms with E-state index in [2.05, 4.69) is 5.32 Å². The smallest absolute Gasteiger partial charge is 0.339 e. The molecular weight excluding hydrogens is 442 g/mol. The summed E-state index contributed by atoms with van der Waals surface area (Å²) in [7, 11) is -7.88. The van der Waals surface area contributed by atoms with Crippen LogP contribution in [0.15, 0.2) is 58.3 Å². The lowest BCUT2D eigenvalue weighted by atomic mass is 10.1. The molecule has 9 nitrogen and oxygen atoms in total.